The van der Waals surface area contributed by atoms with E-state index in [0.717, 1.165) is 56.0 Å². The van der Waals surface area contributed by atoms with Crippen molar-refractivity contribution < 1.29 is 4.79 Å². The molecule has 1 aliphatic rings. The Kier molecular flexibility index (Phi) is 6.14. The van der Waals surface area contributed by atoms with Crippen LogP contribution in [0.25, 0.3) is 0 Å². The van der Waals surface area contributed by atoms with E-state index in [9.17, 15) is 4.79 Å². The number of piperidine rings is 1. The summed E-state index contributed by atoms with van der Waals surface area (Å²) in [6.07, 6.45) is 9.45. The Morgan fingerprint density at radius 3 is 2.88 bits per heavy atom. The number of carbonyl (C=O) groups excluding carboxylic acids is 1. The molecule has 5 heteroatoms. The lowest BCUT2D eigenvalue weighted by atomic mass is 10.0. The Morgan fingerprint density at radius 2 is 2.12 bits per heavy atom. The van der Waals surface area contributed by atoms with E-state index < -0.39 is 0 Å². The van der Waals surface area contributed by atoms with E-state index in [-0.39, 0.29) is 5.91 Å². The number of benzene rings is 1. The minimum absolute atomic E-state index is 0.275. The van der Waals surface area contributed by atoms with Crippen molar-refractivity contribution in [2.24, 2.45) is 0 Å². The van der Waals surface area contributed by atoms with Gasteiger partial charge in [-0.2, -0.15) is 0 Å². The minimum atomic E-state index is 0.275. The molecule has 2 aromatic rings. The minimum Gasteiger partial charge on any atom is -0.341 e. The van der Waals surface area contributed by atoms with Crippen molar-refractivity contribution in [3.63, 3.8) is 0 Å². The second-order valence-corrected chi connectivity index (χ2v) is 7.16. The predicted molar refractivity (Wildman–Crippen MR) is 101 cm³/mol. The quantitative estimate of drug-likeness (QED) is 0.771. The number of imidazole rings is 1. The van der Waals surface area contributed by atoms with E-state index in [0.29, 0.717) is 12.5 Å². The van der Waals surface area contributed by atoms with E-state index in [1.54, 1.807) is 0 Å². The highest BCUT2D eigenvalue weighted by molar-refractivity contribution is 6.30. The molecule has 0 saturated carbocycles. The SMILES string of the molecule is CCc1nccn1C1CCCN(C(=O)CCCc2ccc(Cl)cc2)C1. The fourth-order valence-electron chi connectivity index (χ4n) is 3.61. The lowest BCUT2D eigenvalue weighted by molar-refractivity contribution is -0.132. The van der Waals surface area contributed by atoms with Gasteiger partial charge in [0, 0.05) is 43.3 Å². The van der Waals surface area contributed by atoms with E-state index in [4.69, 9.17) is 11.6 Å². The molecule has 1 fully saturated rings. The number of halogens is 1. The van der Waals surface area contributed by atoms with Crippen LogP contribution in [0.1, 0.15) is 50.0 Å². The van der Waals surface area contributed by atoms with E-state index in [1.807, 2.05) is 35.4 Å². The molecule has 3 rings (SSSR count). The van der Waals surface area contributed by atoms with Crippen molar-refractivity contribution in [3.8, 4) is 0 Å². The average Bonchev–Trinajstić information content (AvgIpc) is 3.12. The number of amides is 1. The molecule has 0 spiro atoms. The highest BCUT2D eigenvalue weighted by atomic mass is 35.5. The van der Waals surface area contributed by atoms with Gasteiger partial charge in [-0.15, -0.1) is 0 Å². The number of aryl methyl sites for hydroxylation is 2. The monoisotopic (exact) mass is 359 g/mol. The number of carbonyl (C=O) groups is 1. The average molecular weight is 360 g/mol. The van der Waals surface area contributed by atoms with Crippen molar-refractivity contribution in [1.29, 1.82) is 0 Å². The fraction of sp³-hybridized carbons (Fsp3) is 0.500. The molecule has 1 aromatic heterocycles. The largest absolute Gasteiger partial charge is 0.341 e. The van der Waals surface area contributed by atoms with Gasteiger partial charge in [0.25, 0.3) is 0 Å². The molecule has 1 saturated heterocycles. The molecule has 0 radical (unpaired) electrons. The van der Waals surface area contributed by atoms with E-state index in [2.05, 4.69) is 22.7 Å². The van der Waals surface area contributed by atoms with Gasteiger partial charge in [-0.05, 0) is 43.4 Å². The number of hydrogen-bond acceptors (Lipinski definition) is 2. The van der Waals surface area contributed by atoms with Crippen LogP contribution in [-0.4, -0.2) is 33.4 Å². The summed E-state index contributed by atoms with van der Waals surface area (Å²) in [5.41, 5.74) is 1.24. The Labute approximate surface area is 154 Å². The first kappa shape index (κ1) is 18.0. The molecule has 1 amide bonds. The molecular formula is C20H26ClN3O. The summed E-state index contributed by atoms with van der Waals surface area (Å²) in [6, 6.07) is 8.25. The smallest absolute Gasteiger partial charge is 0.222 e. The van der Waals surface area contributed by atoms with Crippen LogP contribution in [0.15, 0.2) is 36.7 Å². The number of likely N-dealkylation sites (tertiary alicyclic amines) is 1. The predicted octanol–water partition coefficient (Wildman–Crippen LogP) is 4.29. The maximum atomic E-state index is 12.6. The maximum absolute atomic E-state index is 12.6. The van der Waals surface area contributed by atoms with E-state index in [1.165, 1.54) is 5.56 Å². The summed E-state index contributed by atoms with van der Waals surface area (Å²) in [7, 11) is 0. The zero-order valence-corrected chi connectivity index (χ0v) is 15.6. The van der Waals surface area contributed by atoms with Crippen LogP contribution < -0.4 is 0 Å². The van der Waals surface area contributed by atoms with Gasteiger partial charge in [-0.25, -0.2) is 4.98 Å². The zero-order valence-electron chi connectivity index (χ0n) is 14.8. The second kappa shape index (κ2) is 8.52. The van der Waals surface area contributed by atoms with Crippen molar-refractivity contribution in [2.45, 2.75) is 51.5 Å². The van der Waals surface area contributed by atoms with Crippen LogP contribution in [0.2, 0.25) is 5.02 Å². The standard InChI is InChI=1S/C20H26ClN3O/c1-2-19-22-12-14-24(19)18-6-4-13-23(15-18)20(25)7-3-5-16-8-10-17(21)11-9-16/h8-12,14,18H,2-7,13,15H2,1H3. The summed E-state index contributed by atoms with van der Waals surface area (Å²) < 4.78 is 2.26. The summed E-state index contributed by atoms with van der Waals surface area (Å²) in [6.45, 7) is 3.82. The first-order chi connectivity index (χ1) is 12.2. The number of rotatable bonds is 6. The third-order valence-corrected chi connectivity index (χ3v) is 5.23. The summed E-state index contributed by atoms with van der Waals surface area (Å²) >= 11 is 5.91. The number of hydrogen-bond donors (Lipinski definition) is 0. The molecule has 0 aliphatic carbocycles. The number of nitrogens with zero attached hydrogens (tertiary/aromatic N) is 3. The maximum Gasteiger partial charge on any atom is 0.222 e. The van der Waals surface area contributed by atoms with Gasteiger partial charge in [0.2, 0.25) is 5.91 Å². The van der Waals surface area contributed by atoms with Gasteiger partial charge >= 0.3 is 0 Å². The van der Waals surface area contributed by atoms with Gasteiger partial charge in [-0.3, -0.25) is 4.79 Å². The number of aromatic nitrogens is 2. The van der Waals surface area contributed by atoms with Crippen molar-refractivity contribution >= 4 is 17.5 Å². The molecule has 2 heterocycles. The second-order valence-electron chi connectivity index (χ2n) is 6.72. The Balaban J connectivity index is 1.51. The van der Waals surface area contributed by atoms with Crippen LogP contribution in [0.5, 0.6) is 0 Å². The molecule has 25 heavy (non-hydrogen) atoms. The van der Waals surface area contributed by atoms with Crippen molar-refractivity contribution in [1.82, 2.24) is 14.5 Å². The molecule has 4 nitrogen and oxygen atoms in total. The fourth-order valence-corrected chi connectivity index (χ4v) is 3.74. The lowest BCUT2D eigenvalue weighted by Gasteiger charge is -2.34. The summed E-state index contributed by atoms with van der Waals surface area (Å²) in [4.78, 5) is 19.0. The third-order valence-electron chi connectivity index (χ3n) is 4.98. The first-order valence-corrected chi connectivity index (χ1v) is 9.59. The third kappa shape index (κ3) is 4.63. The topological polar surface area (TPSA) is 38.1 Å². The molecule has 0 N–H and O–H groups in total. The molecule has 1 aliphatic heterocycles. The molecule has 1 atom stereocenters. The molecule has 134 valence electrons. The summed E-state index contributed by atoms with van der Waals surface area (Å²) in [5, 5.41) is 0.755. The normalized spacial score (nSPS) is 17.7. The Morgan fingerprint density at radius 1 is 1.32 bits per heavy atom. The van der Waals surface area contributed by atoms with Gasteiger partial charge in [0.05, 0.1) is 6.04 Å². The van der Waals surface area contributed by atoms with Crippen LogP contribution in [0.4, 0.5) is 0 Å². The van der Waals surface area contributed by atoms with Crippen LogP contribution in [0, 0.1) is 0 Å². The van der Waals surface area contributed by atoms with Crippen molar-refractivity contribution in [2.75, 3.05) is 13.1 Å². The van der Waals surface area contributed by atoms with Gasteiger partial charge < -0.3 is 9.47 Å². The zero-order chi connectivity index (χ0) is 17.6. The van der Waals surface area contributed by atoms with Gasteiger partial charge in [0.1, 0.15) is 5.82 Å². The lowest BCUT2D eigenvalue weighted by Crippen LogP contribution is -2.40. The Bertz CT molecular complexity index is 695. The van der Waals surface area contributed by atoms with Crippen LogP contribution in [0.3, 0.4) is 0 Å². The van der Waals surface area contributed by atoms with E-state index >= 15 is 0 Å². The molecular weight excluding hydrogens is 334 g/mol. The Hall–Kier alpha value is -1.81. The molecule has 0 bridgehead atoms. The van der Waals surface area contributed by atoms with Crippen LogP contribution >= 0.6 is 11.6 Å². The molecule has 1 unspecified atom stereocenters. The highest BCUT2D eigenvalue weighted by Gasteiger charge is 2.25. The van der Waals surface area contributed by atoms with Crippen molar-refractivity contribution in [3.05, 3.63) is 53.1 Å². The van der Waals surface area contributed by atoms with Crippen LogP contribution in [-0.2, 0) is 17.6 Å². The highest BCUT2D eigenvalue weighted by Crippen LogP contribution is 2.24. The first-order valence-electron chi connectivity index (χ1n) is 9.21. The van der Waals surface area contributed by atoms with Gasteiger partial charge in [-0.1, -0.05) is 30.7 Å². The molecule has 1 aromatic carbocycles. The summed E-state index contributed by atoms with van der Waals surface area (Å²) in [5.74, 6) is 1.39. The van der Waals surface area contributed by atoms with Gasteiger partial charge in [0.15, 0.2) is 0 Å².